The molecule has 0 saturated carbocycles. The molecule has 2 amide bonds. The number of hydrogen-bond acceptors (Lipinski definition) is 7. The molecule has 3 heterocycles. The van der Waals surface area contributed by atoms with E-state index >= 15 is 0 Å². The van der Waals surface area contributed by atoms with Crippen molar-refractivity contribution in [2.75, 3.05) is 45.6 Å². The fraction of sp³-hybridized carbons (Fsp3) is 0.556. The van der Waals surface area contributed by atoms with Gasteiger partial charge in [0, 0.05) is 30.4 Å². The third-order valence-electron chi connectivity index (χ3n) is 4.96. The summed E-state index contributed by atoms with van der Waals surface area (Å²) in [5, 5.41) is 2.00. The van der Waals surface area contributed by atoms with Crippen LogP contribution in [-0.2, 0) is 27.2 Å². The second kappa shape index (κ2) is 8.12. The Hall–Kier alpha value is -1.71. The maximum absolute atomic E-state index is 12.5. The summed E-state index contributed by atoms with van der Waals surface area (Å²) in [6.45, 7) is 2.42. The normalized spacial score (nSPS) is 16.6. The molecule has 0 unspecified atom stereocenters. The van der Waals surface area contributed by atoms with E-state index in [9.17, 15) is 9.59 Å². The van der Waals surface area contributed by atoms with Gasteiger partial charge in [0.25, 0.3) is 0 Å². The van der Waals surface area contributed by atoms with Gasteiger partial charge in [-0.3, -0.25) is 9.59 Å². The van der Waals surface area contributed by atoms with Crippen LogP contribution in [0.4, 0.5) is 0 Å². The number of thioether (sulfide) groups is 1. The number of amides is 2. The minimum Gasteiger partial charge on any atom is -0.378 e. The molecule has 27 heavy (non-hydrogen) atoms. The van der Waals surface area contributed by atoms with Gasteiger partial charge in [-0.15, -0.1) is 11.3 Å². The third-order valence-corrected chi connectivity index (χ3v) is 7.13. The molecule has 9 heteroatoms. The van der Waals surface area contributed by atoms with Crippen LogP contribution in [-0.4, -0.2) is 77.2 Å². The van der Waals surface area contributed by atoms with E-state index in [0.717, 1.165) is 28.1 Å². The van der Waals surface area contributed by atoms with Crippen LogP contribution < -0.4 is 0 Å². The first-order chi connectivity index (χ1) is 13.1. The molecule has 4 rings (SSSR count). The zero-order chi connectivity index (χ0) is 18.8. The quantitative estimate of drug-likeness (QED) is 0.554. The van der Waals surface area contributed by atoms with Gasteiger partial charge in [-0.05, 0) is 24.8 Å². The predicted molar refractivity (Wildman–Crippen MR) is 105 cm³/mol. The first-order valence-electron chi connectivity index (χ1n) is 9.11. The highest BCUT2D eigenvalue weighted by Gasteiger charge is 2.23. The van der Waals surface area contributed by atoms with Crippen LogP contribution in [0.5, 0.6) is 0 Å². The number of ether oxygens (including phenoxy) is 1. The number of carbonyl (C=O) groups excluding carboxylic acids is 2. The molecule has 7 nitrogen and oxygen atoms in total. The van der Waals surface area contributed by atoms with Crippen molar-refractivity contribution in [2.45, 2.75) is 24.3 Å². The van der Waals surface area contributed by atoms with E-state index in [4.69, 9.17) is 4.74 Å². The molecule has 0 N–H and O–H groups in total. The number of fused-ring (bicyclic) bond motifs is 3. The number of likely N-dealkylation sites (N-methyl/N-ethyl adjacent to an activating group) is 1. The fourth-order valence-corrected chi connectivity index (χ4v) is 5.71. The van der Waals surface area contributed by atoms with E-state index in [1.165, 1.54) is 33.5 Å². The highest BCUT2D eigenvalue weighted by Crippen LogP contribution is 2.39. The molecule has 2 aromatic rings. The first-order valence-corrected chi connectivity index (χ1v) is 10.9. The van der Waals surface area contributed by atoms with Crippen LogP contribution in [0.1, 0.15) is 16.9 Å². The molecule has 0 aromatic carbocycles. The lowest BCUT2D eigenvalue weighted by molar-refractivity contribution is -0.140. The lowest BCUT2D eigenvalue weighted by Crippen LogP contribution is -2.46. The molecule has 0 bridgehead atoms. The zero-order valence-corrected chi connectivity index (χ0v) is 16.9. The third kappa shape index (κ3) is 3.95. The van der Waals surface area contributed by atoms with E-state index in [-0.39, 0.29) is 24.1 Å². The van der Waals surface area contributed by atoms with Crippen molar-refractivity contribution in [1.82, 2.24) is 19.8 Å². The molecular weight excluding hydrogens is 384 g/mol. The van der Waals surface area contributed by atoms with Crippen molar-refractivity contribution < 1.29 is 14.3 Å². The lowest BCUT2D eigenvalue weighted by atomic mass is 10.2. The number of hydrogen-bond donors (Lipinski definition) is 0. The van der Waals surface area contributed by atoms with Crippen LogP contribution >= 0.6 is 23.1 Å². The molecule has 1 aliphatic heterocycles. The Bertz CT molecular complexity index is 864. The van der Waals surface area contributed by atoms with Gasteiger partial charge >= 0.3 is 0 Å². The van der Waals surface area contributed by atoms with Crippen LogP contribution in [0.15, 0.2) is 11.4 Å². The molecule has 2 aliphatic rings. The number of morpholine rings is 1. The summed E-state index contributed by atoms with van der Waals surface area (Å²) >= 11 is 3.18. The Kier molecular flexibility index (Phi) is 5.60. The van der Waals surface area contributed by atoms with E-state index in [1.54, 1.807) is 29.6 Å². The van der Waals surface area contributed by atoms with Crippen LogP contribution in [0, 0.1) is 0 Å². The number of thiophene rings is 1. The van der Waals surface area contributed by atoms with Gasteiger partial charge in [-0.1, -0.05) is 11.8 Å². The van der Waals surface area contributed by atoms with E-state index in [0.29, 0.717) is 26.3 Å². The average molecular weight is 407 g/mol. The smallest absolute Gasteiger partial charge is 0.242 e. The highest BCUT2D eigenvalue weighted by atomic mass is 32.2. The van der Waals surface area contributed by atoms with Gasteiger partial charge in [0.2, 0.25) is 11.8 Å². The molecule has 0 atom stereocenters. The lowest BCUT2D eigenvalue weighted by Gasteiger charge is -2.28. The molecule has 2 aromatic heterocycles. The van der Waals surface area contributed by atoms with Crippen molar-refractivity contribution in [3.05, 3.63) is 16.8 Å². The largest absolute Gasteiger partial charge is 0.378 e. The number of rotatable bonds is 5. The number of nitrogens with zero attached hydrogens (tertiary/aromatic N) is 4. The molecular formula is C18H22N4O3S2. The summed E-state index contributed by atoms with van der Waals surface area (Å²) in [5.74, 6) is 0.170. The summed E-state index contributed by atoms with van der Waals surface area (Å²) in [5.41, 5.74) is 1.36. The maximum Gasteiger partial charge on any atom is 0.242 e. The Labute approximate surface area is 166 Å². The SMILES string of the molecule is CN(CC(=O)N1CCOCC1)C(=O)CSc1ncnc2sc3c(c12)CCC3. The van der Waals surface area contributed by atoms with Gasteiger partial charge < -0.3 is 14.5 Å². The van der Waals surface area contributed by atoms with E-state index < -0.39 is 0 Å². The maximum atomic E-state index is 12.5. The highest BCUT2D eigenvalue weighted by molar-refractivity contribution is 8.00. The molecule has 1 fully saturated rings. The molecule has 1 aliphatic carbocycles. The van der Waals surface area contributed by atoms with Gasteiger partial charge in [-0.25, -0.2) is 9.97 Å². The summed E-state index contributed by atoms with van der Waals surface area (Å²) in [6, 6.07) is 0. The van der Waals surface area contributed by atoms with Crippen molar-refractivity contribution >= 4 is 45.1 Å². The monoisotopic (exact) mass is 406 g/mol. The van der Waals surface area contributed by atoms with Crippen LogP contribution in [0.25, 0.3) is 10.2 Å². The summed E-state index contributed by atoms with van der Waals surface area (Å²) in [7, 11) is 1.68. The minimum atomic E-state index is -0.0692. The zero-order valence-electron chi connectivity index (χ0n) is 15.3. The number of aryl methyl sites for hydroxylation is 2. The Morgan fingerprint density at radius 3 is 2.93 bits per heavy atom. The van der Waals surface area contributed by atoms with Gasteiger partial charge in [0.1, 0.15) is 16.2 Å². The van der Waals surface area contributed by atoms with Crippen molar-refractivity contribution in [3.63, 3.8) is 0 Å². The topological polar surface area (TPSA) is 75.6 Å². The van der Waals surface area contributed by atoms with Crippen molar-refractivity contribution in [3.8, 4) is 0 Å². The molecule has 1 saturated heterocycles. The first kappa shape index (κ1) is 18.6. The summed E-state index contributed by atoms with van der Waals surface area (Å²) in [6.07, 6.45) is 4.94. The molecule has 144 valence electrons. The van der Waals surface area contributed by atoms with Crippen LogP contribution in [0.2, 0.25) is 0 Å². The van der Waals surface area contributed by atoms with Gasteiger partial charge in [0.05, 0.1) is 25.5 Å². The predicted octanol–water partition coefficient (Wildman–Crippen LogP) is 1.59. The second-order valence-corrected chi connectivity index (χ2v) is 8.80. The Balaban J connectivity index is 1.38. The van der Waals surface area contributed by atoms with Crippen molar-refractivity contribution in [1.29, 1.82) is 0 Å². The Morgan fingerprint density at radius 2 is 2.11 bits per heavy atom. The number of carbonyl (C=O) groups is 2. The summed E-state index contributed by atoms with van der Waals surface area (Å²) in [4.78, 5) is 39.3. The van der Waals surface area contributed by atoms with E-state index in [1.807, 2.05) is 0 Å². The summed E-state index contributed by atoms with van der Waals surface area (Å²) < 4.78 is 5.26. The average Bonchev–Trinajstić information content (AvgIpc) is 3.27. The van der Waals surface area contributed by atoms with Gasteiger partial charge in [0.15, 0.2) is 0 Å². The fourth-order valence-electron chi connectivity index (χ4n) is 3.45. The Morgan fingerprint density at radius 1 is 1.30 bits per heavy atom. The molecule has 0 spiro atoms. The number of aromatic nitrogens is 2. The van der Waals surface area contributed by atoms with Gasteiger partial charge in [-0.2, -0.15) is 0 Å². The van der Waals surface area contributed by atoms with Crippen LogP contribution in [0.3, 0.4) is 0 Å². The minimum absolute atomic E-state index is 0.0285. The second-order valence-electron chi connectivity index (χ2n) is 6.75. The molecule has 0 radical (unpaired) electrons. The van der Waals surface area contributed by atoms with Crippen molar-refractivity contribution in [2.24, 2.45) is 0 Å². The standard InChI is InChI=1S/C18H22N4O3S2/c1-21(9-14(23)22-5-7-25-8-6-22)15(24)10-26-17-16-12-3-2-4-13(12)27-18(16)20-11-19-17/h11H,2-10H2,1H3. The van der Waals surface area contributed by atoms with E-state index in [2.05, 4.69) is 9.97 Å².